The number of imidazole rings is 1. The first kappa shape index (κ1) is 11.9. The Hall–Kier alpha value is -1.58. The summed E-state index contributed by atoms with van der Waals surface area (Å²) >= 11 is 0. The van der Waals surface area contributed by atoms with Crippen LogP contribution in [0.4, 0.5) is 10.3 Å². The molecule has 1 aromatic heterocycles. The van der Waals surface area contributed by atoms with Gasteiger partial charge in [-0.3, -0.25) is 0 Å². The SMILES string of the molecule is CC(C)(C)CCNc1nc2ccc(F)cc2[nH]1. The van der Waals surface area contributed by atoms with Crippen LogP contribution in [0.25, 0.3) is 11.0 Å². The van der Waals surface area contributed by atoms with Gasteiger partial charge in [-0.1, -0.05) is 20.8 Å². The topological polar surface area (TPSA) is 40.7 Å². The lowest BCUT2D eigenvalue weighted by Crippen LogP contribution is -2.13. The highest BCUT2D eigenvalue weighted by Crippen LogP contribution is 2.19. The summed E-state index contributed by atoms with van der Waals surface area (Å²) < 4.78 is 13.0. The van der Waals surface area contributed by atoms with Gasteiger partial charge in [0.25, 0.3) is 0 Å². The number of fused-ring (bicyclic) bond motifs is 1. The molecule has 0 aliphatic heterocycles. The van der Waals surface area contributed by atoms with E-state index in [1.807, 2.05) is 0 Å². The van der Waals surface area contributed by atoms with Gasteiger partial charge in [0.05, 0.1) is 11.0 Å². The standard InChI is InChI=1S/C13H18FN3/c1-13(2,3)6-7-15-12-16-10-5-4-9(14)8-11(10)17-12/h4-5,8H,6-7H2,1-3H3,(H2,15,16,17). The number of anilines is 1. The van der Waals surface area contributed by atoms with E-state index in [4.69, 9.17) is 0 Å². The third-order valence-corrected chi connectivity index (χ3v) is 2.61. The maximum absolute atomic E-state index is 13.0. The van der Waals surface area contributed by atoms with E-state index >= 15 is 0 Å². The van der Waals surface area contributed by atoms with Crippen LogP contribution in [0.2, 0.25) is 0 Å². The first-order chi connectivity index (χ1) is 7.94. The van der Waals surface area contributed by atoms with Crippen LogP contribution in [0.3, 0.4) is 0 Å². The van der Waals surface area contributed by atoms with Crippen molar-refractivity contribution in [2.24, 2.45) is 5.41 Å². The van der Waals surface area contributed by atoms with Crippen molar-refractivity contribution in [1.82, 2.24) is 9.97 Å². The maximum Gasteiger partial charge on any atom is 0.201 e. The molecule has 2 N–H and O–H groups in total. The molecule has 0 spiro atoms. The van der Waals surface area contributed by atoms with Gasteiger partial charge < -0.3 is 10.3 Å². The second-order valence-corrected chi connectivity index (χ2v) is 5.48. The highest BCUT2D eigenvalue weighted by Gasteiger charge is 2.10. The Balaban J connectivity index is 2.05. The van der Waals surface area contributed by atoms with Gasteiger partial charge in [0.15, 0.2) is 0 Å². The number of rotatable bonds is 3. The predicted octanol–water partition coefficient (Wildman–Crippen LogP) is 3.55. The molecule has 0 bridgehead atoms. The number of hydrogen-bond donors (Lipinski definition) is 2. The second kappa shape index (κ2) is 4.35. The molecular formula is C13H18FN3. The van der Waals surface area contributed by atoms with E-state index in [-0.39, 0.29) is 5.82 Å². The van der Waals surface area contributed by atoms with Crippen molar-refractivity contribution < 1.29 is 4.39 Å². The Morgan fingerprint density at radius 2 is 2.12 bits per heavy atom. The minimum Gasteiger partial charge on any atom is -0.356 e. The monoisotopic (exact) mass is 235 g/mol. The molecule has 4 heteroatoms. The number of aromatic amines is 1. The molecule has 0 amide bonds. The van der Waals surface area contributed by atoms with Crippen LogP contribution in [0.5, 0.6) is 0 Å². The molecule has 0 fully saturated rings. The van der Waals surface area contributed by atoms with Crippen LogP contribution in [0, 0.1) is 11.2 Å². The van der Waals surface area contributed by atoms with Gasteiger partial charge in [0, 0.05) is 6.54 Å². The largest absolute Gasteiger partial charge is 0.356 e. The average molecular weight is 235 g/mol. The first-order valence-electron chi connectivity index (χ1n) is 5.83. The van der Waals surface area contributed by atoms with Crippen LogP contribution in [0.1, 0.15) is 27.2 Å². The zero-order valence-electron chi connectivity index (χ0n) is 10.5. The van der Waals surface area contributed by atoms with Crippen LogP contribution >= 0.6 is 0 Å². The number of benzene rings is 1. The number of H-pyrrole nitrogens is 1. The van der Waals surface area contributed by atoms with Gasteiger partial charge in [-0.2, -0.15) is 0 Å². The summed E-state index contributed by atoms with van der Waals surface area (Å²) in [6, 6.07) is 4.55. The van der Waals surface area contributed by atoms with Crippen molar-refractivity contribution >= 4 is 17.0 Å². The van der Waals surface area contributed by atoms with Gasteiger partial charge in [-0.15, -0.1) is 0 Å². The molecule has 1 heterocycles. The Morgan fingerprint density at radius 3 is 2.82 bits per heavy atom. The lowest BCUT2D eigenvalue weighted by atomic mass is 9.92. The summed E-state index contributed by atoms with van der Waals surface area (Å²) in [6.45, 7) is 7.44. The molecule has 0 radical (unpaired) electrons. The van der Waals surface area contributed by atoms with Crippen molar-refractivity contribution in [3.8, 4) is 0 Å². The molecule has 0 aliphatic rings. The van der Waals surface area contributed by atoms with Crippen LogP contribution in [-0.4, -0.2) is 16.5 Å². The summed E-state index contributed by atoms with van der Waals surface area (Å²) in [6.07, 6.45) is 1.05. The molecule has 0 atom stereocenters. The maximum atomic E-state index is 13.0. The van der Waals surface area contributed by atoms with E-state index < -0.39 is 0 Å². The van der Waals surface area contributed by atoms with E-state index in [9.17, 15) is 4.39 Å². The summed E-state index contributed by atoms with van der Waals surface area (Å²) in [7, 11) is 0. The summed E-state index contributed by atoms with van der Waals surface area (Å²) in [5.74, 6) is 0.456. The highest BCUT2D eigenvalue weighted by molar-refractivity contribution is 5.77. The molecule has 17 heavy (non-hydrogen) atoms. The van der Waals surface area contributed by atoms with E-state index in [0.29, 0.717) is 11.4 Å². The zero-order chi connectivity index (χ0) is 12.5. The van der Waals surface area contributed by atoms with Gasteiger partial charge in [0.2, 0.25) is 5.95 Å². The fourth-order valence-corrected chi connectivity index (χ4v) is 1.62. The lowest BCUT2D eigenvalue weighted by molar-refractivity contribution is 0.389. The number of nitrogens with zero attached hydrogens (tertiary/aromatic N) is 1. The highest BCUT2D eigenvalue weighted by atomic mass is 19.1. The van der Waals surface area contributed by atoms with E-state index in [1.54, 1.807) is 6.07 Å². The fraction of sp³-hybridized carbons (Fsp3) is 0.462. The van der Waals surface area contributed by atoms with E-state index in [1.165, 1.54) is 12.1 Å². The normalized spacial score (nSPS) is 12.0. The van der Waals surface area contributed by atoms with Gasteiger partial charge in [-0.25, -0.2) is 9.37 Å². The molecular weight excluding hydrogens is 217 g/mol. The Morgan fingerprint density at radius 1 is 1.35 bits per heavy atom. The molecule has 0 aliphatic carbocycles. The molecule has 0 saturated carbocycles. The molecule has 3 nitrogen and oxygen atoms in total. The van der Waals surface area contributed by atoms with Crippen molar-refractivity contribution in [3.05, 3.63) is 24.0 Å². The van der Waals surface area contributed by atoms with Crippen molar-refractivity contribution in [3.63, 3.8) is 0 Å². The third-order valence-electron chi connectivity index (χ3n) is 2.61. The fourth-order valence-electron chi connectivity index (χ4n) is 1.62. The summed E-state index contributed by atoms with van der Waals surface area (Å²) in [5, 5.41) is 3.22. The minimum absolute atomic E-state index is 0.248. The Bertz CT molecular complexity index is 511. The Kier molecular flexibility index (Phi) is 3.05. The summed E-state index contributed by atoms with van der Waals surface area (Å²) in [5.41, 5.74) is 1.80. The molecule has 92 valence electrons. The molecule has 2 aromatic rings. The lowest BCUT2D eigenvalue weighted by Gasteiger charge is -2.17. The molecule has 2 rings (SSSR count). The number of nitrogens with one attached hydrogen (secondary N) is 2. The number of aromatic nitrogens is 2. The number of hydrogen-bond acceptors (Lipinski definition) is 2. The van der Waals surface area contributed by atoms with Crippen LogP contribution < -0.4 is 5.32 Å². The van der Waals surface area contributed by atoms with Crippen molar-refractivity contribution in [2.45, 2.75) is 27.2 Å². The van der Waals surface area contributed by atoms with Crippen LogP contribution in [-0.2, 0) is 0 Å². The van der Waals surface area contributed by atoms with Gasteiger partial charge in [0.1, 0.15) is 5.82 Å². The molecule has 0 saturated heterocycles. The van der Waals surface area contributed by atoms with Gasteiger partial charge >= 0.3 is 0 Å². The summed E-state index contributed by atoms with van der Waals surface area (Å²) in [4.78, 5) is 7.40. The molecule has 0 unspecified atom stereocenters. The van der Waals surface area contributed by atoms with Gasteiger partial charge in [-0.05, 0) is 30.0 Å². The van der Waals surface area contributed by atoms with E-state index in [0.717, 1.165) is 24.0 Å². The smallest absolute Gasteiger partial charge is 0.201 e. The van der Waals surface area contributed by atoms with Crippen molar-refractivity contribution in [2.75, 3.05) is 11.9 Å². The minimum atomic E-state index is -0.248. The zero-order valence-corrected chi connectivity index (χ0v) is 10.5. The van der Waals surface area contributed by atoms with E-state index in [2.05, 4.69) is 36.1 Å². The number of halogens is 1. The third kappa shape index (κ3) is 3.19. The first-order valence-corrected chi connectivity index (χ1v) is 5.83. The average Bonchev–Trinajstić information content (AvgIpc) is 2.57. The Labute approximate surface area is 100 Å². The van der Waals surface area contributed by atoms with Crippen molar-refractivity contribution in [1.29, 1.82) is 0 Å². The van der Waals surface area contributed by atoms with Crippen LogP contribution in [0.15, 0.2) is 18.2 Å². The second-order valence-electron chi connectivity index (χ2n) is 5.48. The molecule has 1 aromatic carbocycles. The quantitative estimate of drug-likeness (QED) is 0.854. The predicted molar refractivity (Wildman–Crippen MR) is 68.6 cm³/mol.